The predicted octanol–water partition coefficient (Wildman–Crippen LogP) is 1.04. The second-order valence-electron chi connectivity index (χ2n) is 5.01. The highest BCUT2D eigenvalue weighted by Gasteiger charge is 2.25. The molecular formula is C13H18N2O3. The third-order valence-electron chi connectivity index (χ3n) is 3.64. The minimum absolute atomic E-state index is 0.0844. The van der Waals surface area contributed by atoms with E-state index < -0.39 is 5.97 Å². The molecule has 1 aliphatic heterocycles. The first-order valence-corrected chi connectivity index (χ1v) is 6.06. The summed E-state index contributed by atoms with van der Waals surface area (Å²) in [6.45, 7) is 5.12. The number of aromatic carboxylic acids is 1. The first kappa shape index (κ1) is 12.8. The van der Waals surface area contributed by atoms with Crippen LogP contribution in [0.15, 0.2) is 10.9 Å². The molecule has 1 fully saturated rings. The third kappa shape index (κ3) is 2.06. The molecule has 0 spiro atoms. The topological polar surface area (TPSA) is 62.5 Å². The molecule has 1 atom stereocenters. The molecule has 0 radical (unpaired) electrons. The fraction of sp³-hybridized carbons (Fsp3) is 0.538. The summed E-state index contributed by atoms with van der Waals surface area (Å²) in [6.07, 6.45) is 0.888. The van der Waals surface area contributed by atoms with E-state index in [9.17, 15) is 14.7 Å². The molecular weight excluding hydrogens is 232 g/mol. The minimum Gasteiger partial charge on any atom is -0.478 e. The number of aryl methyl sites for hydroxylation is 1. The van der Waals surface area contributed by atoms with E-state index in [0.717, 1.165) is 19.5 Å². The first-order chi connectivity index (χ1) is 8.41. The van der Waals surface area contributed by atoms with Crippen molar-refractivity contribution in [3.05, 3.63) is 33.2 Å². The van der Waals surface area contributed by atoms with Crippen LogP contribution in [0.5, 0.6) is 0 Å². The van der Waals surface area contributed by atoms with Crippen LogP contribution in [0.1, 0.15) is 34.1 Å². The van der Waals surface area contributed by atoms with E-state index in [4.69, 9.17) is 0 Å². The highest BCUT2D eigenvalue weighted by molar-refractivity contribution is 5.90. The molecule has 5 heteroatoms. The molecule has 0 bridgehead atoms. The molecule has 0 amide bonds. The molecule has 1 aliphatic rings. The van der Waals surface area contributed by atoms with Gasteiger partial charge < -0.3 is 14.6 Å². The van der Waals surface area contributed by atoms with Crippen LogP contribution in [0.3, 0.4) is 0 Å². The second kappa shape index (κ2) is 4.57. The first-order valence-electron chi connectivity index (χ1n) is 6.06. The summed E-state index contributed by atoms with van der Waals surface area (Å²) in [7, 11) is 2.01. The molecule has 18 heavy (non-hydrogen) atoms. The van der Waals surface area contributed by atoms with E-state index in [-0.39, 0.29) is 17.2 Å². The van der Waals surface area contributed by atoms with E-state index in [1.54, 1.807) is 18.4 Å². The summed E-state index contributed by atoms with van der Waals surface area (Å²) in [6, 6.07) is 1.51. The quantitative estimate of drug-likeness (QED) is 0.852. The number of likely N-dealkylation sites (N-methyl/N-ethyl adjacent to an activating group) is 1. The fourth-order valence-corrected chi connectivity index (χ4v) is 2.80. The molecule has 0 aliphatic carbocycles. The SMILES string of the molecule is Cc1cc(=O)n(C2CCN(C)C2)c(C)c1C(=O)O. The Balaban J connectivity index is 2.57. The normalized spacial score (nSPS) is 20.3. The van der Waals surface area contributed by atoms with E-state index >= 15 is 0 Å². The third-order valence-corrected chi connectivity index (χ3v) is 3.64. The van der Waals surface area contributed by atoms with Gasteiger partial charge in [0, 0.05) is 18.3 Å². The average Bonchev–Trinajstić information content (AvgIpc) is 2.63. The predicted molar refractivity (Wildman–Crippen MR) is 68.3 cm³/mol. The van der Waals surface area contributed by atoms with Gasteiger partial charge in [0.25, 0.3) is 5.56 Å². The summed E-state index contributed by atoms with van der Waals surface area (Å²) in [5.74, 6) is -0.967. The Morgan fingerprint density at radius 1 is 1.44 bits per heavy atom. The number of carboxylic acids is 1. The molecule has 5 nitrogen and oxygen atoms in total. The van der Waals surface area contributed by atoms with Gasteiger partial charge in [0.15, 0.2) is 0 Å². The summed E-state index contributed by atoms with van der Waals surface area (Å²) in [4.78, 5) is 25.5. The Bertz CT molecular complexity index is 548. The van der Waals surface area contributed by atoms with Gasteiger partial charge in [-0.25, -0.2) is 4.79 Å². The van der Waals surface area contributed by atoms with Crippen LogP contribution in [0.2, 0.25) is 0 Å². The van der Waals surface area contributed by atoms with Crippen LogP contribution in [0.25, 0.3) is 0 Å². The molecule has 1 aromatic rings. The van der Waals surface area contributed by atoms with Crippen LogP contribution in [0.4, 0.5) is 0 Å². The maximum atomic E-state index is 12.1. The van der Waals surface area contributed by atoms with Gasteiger partial charge in [-0.2, -0.15) is 0 Å². The van der Waals surface area contributed by atoms with Crippen molar-refractivity contribution in [2.75, 3.05) is 20.1 Å². The molecule has 0 aromatic carbocycles. The van der Waals surface area contributed by atoms with Crippen molar-refractivity contribution in [1.29, 1.82) is 0 Å². The molecule has 1 aromatic heterocycles. The smallest absolute Gasteiger partial charge is 0.337 e. The summed E-state index contributed by atoms with van der Waals surface area (Å²) < 4.78 is 1.64. The lowest BCUT2D eigenvalue weighted by atomic mass is 10.1. The van der Waals surface area contributed by atoms with Crippen molar-refractivity contribution in [2.45, 2.75) is 26.3 Å². The number of hydrogen-bond donors (Lipinski definition) is 1. The summed E-state index contributed by atoms with van der Waals surface area (Å²) >= 11 is 0. The molecule has 98 valence electrons. The zero-order valence-corrected chi connectivity index (χ0v) is 10.9. The molecule has 0 saturated carbocycles. The second-order valence-corrected chi connectivity index (χ2v) is 5.01. The van der Waals surface area contributed by atoms with Gasteiger partial charge in [-0.1, -0.05) is 0 Å². The van der Waals surface area contributed by atoms with Crippen molar-refractivity contribution in [3.8, 4) is 0 Å². The number of nitrogens with zero attached hydrogens (tertiary/aromatic N) is 2. The molecule has 2 rings (SSSR count). The number of likely N-dealkylation sites (tertiary alicyclic amines) is 1. The van der Waals surface area contributed by atoms with Crippen molar-refractivity contribution in [2.24, 2.45) is 0 Å². The van der Waals surface area contributed by atoms with Crippen LogP contribution < -0.4 is 5.56 Å². The zero-order valence-electron chi connectivity index (χ0n) is 10.9. The molecule has 1 N–H and O–H groups in total. The minimum atomic E-state index is -0.967. The summed E-state index contributed by atoms with van der Waals surface area (Å²) in [5, 5.41) is 9.23. The van der Waals surface area contributed by atoms with Gasteiger partial charge >= 0.3 is 5.97 Å². The highest BCUT2D eigenvalue weighted by atomic mass is 16.4. The van der Waals surface area contributed by atoms with E-state index in [2.05, 4.69) is 4.90 Å². The van der Waals surface area contributed by atoms with Gasteiger partial charge in [-0.05, 0) is 39.4 Å². The van der Waals surface area contributed by atoms with Gasteiger partial charge in [-0.15, -0.1) is 0 Å². The molecule has 2 heterocycles. The Hall–Kier alpha value is -1.62. The number of aromatic nitrogens is 1. The fourth-order valence-electron chi connectivity index (χ4n) is 2.80. The molecule has 1 unspecified atom stereocenters. The Morgan fingerprint density at radius 3 is 2.61 bits per heavy atom. The maximum absolute atomic E-state index is 12.1. The van der Waals surface area contributed by atoms with Gasteiger partial charge in [0.2, 0.25) is 0 Å². The van der Waals surface area contributed by atoms with Gasteiger partial charge in [0.05, 0.1) is 11.6 Å². The Kier molecular flexibility index (Phi) is 3.26. The van der Waals surface area contributed by atoms with Crippen molar-refractivity contribution >= 4 is 5.97 Å². The number of hydrogen-bond acceptors (Lipinski definition) is 3. The zero-order chi connectivity index (χ0) is 13.4. The Morgan fingerprint density at radius 2 is 2.11 bits per heavy atom. The monoisotopic (exact) mass is 250 g/mol. The molecule has 1 saturated heterocycles. The van der Waals surface area contributed by atoms with E-state index in [0.29, 0.717) is 11.3 Å². The van der Waals surface area contributed by atoms with Gasteiger partial charge in [-0.3, -0.25) is 4.79 Å². The van der Waals surface area contributed by atoms with Crippen molar-refractivity contribution < 1.29 is 9.90 Å². The van der Waals surface area contributed by atoms with Crippen LogP contribution >= 0.6 is 0 Å². The van der Waals surface area contributed by atoms with E-state index in [1.807, 2.05) is 7.05 Å². The van der Waals surface area contributed by atoms with Crippen molar-refractivity contribution in [3.63, 3.8) is 0 Å². The van der Waals surface area contributed by atoms with Crippen molar-refractivity contribution in [1.82, 2.24) is 9.47 Å². The standard InChI is InChI=1S/C13H18N2O3/c1-8-6-11(16)15(9(2)12(8)13(17)18)10-4-5-14(3)7-10/h6,10H,4-5,7H2,1-3H3,(H,17,18). The Labute approximate surface area is 106 Å². The van der Waals surface area contributed by atoms with Gasteiger partial charge in [0.1, 0.15) is 0 Å². The van der Waals surface area contributed by atoms with E-state index in [1.165, 1.54) is 6.07 Å². The summed E-state index contributed by atoms with van der Waals surface area (Å²) in [5.41, 5.74) is 1.25. The maximum Gasteiger partial charge on any atom is 0.337 e. The number of carboxylic acid groups (broad SMARTS) is 1. The lowest BCUT2D eigenvalue weighted by molar-refractivity contribution is 0.0694. The number of carbonyl (C=O) groups is 1. The van der Waals surface area contributed by atoms with Crippen LogP contribution in [-0.2, 0) is 0 Å². The van der Waals surface area contributed by atoms with Crippen LogP contribution in [-0.4, -0.2) is 40.7 Å². The lowest BCUT2D eigenvalue weighted by Gasteiger charge is -2.19. The average molecular weight is 250 g/mol. The number of rotatable bonds is 2. The highest BCUT2D eigenvalue weighted by Crippen LogP contribution is 2.22. The largest absolute Gasteiger partial charge is 0.478 e. The number of pyridine rings is 1. The lowest BCUT2D eigenvalue weighted by Crippen LogP contribution is -2.30. The van der Waals surface area contributed by atoms with Crippen LogP contribution in [0, 0.1) is 13.8 Å².